The van der Waals surface area contributed by atoms with Crippen molar-refractivity contribution in [2.45, 2.75) is 312 Å². The fourth-order valence-corrected chi connectivity index (χ4v) is 23.6. The molecule has 0 radical (unpaired) electrons. The molecule has 8 fully saturated rings. The number of fused-ring (bicyclic) bond motifs is 4. The number of halogens is 1. The Labute approximate surface area is 732 Å². The van der Waals surface area contributed by atoms with Crippen LogP contribution in [0.4, 0.5) is 68.2 Å². The molecule has 2 heterocycles. The lowest BCUT2D eigenvalue weighted by atomic mass is 9.33. The monoisotopic (exact) mass is 1620 g/mol. The Kier molecular flexibility index (Phi) is 22.1. The van der Waals surface area contributed by atoms with Gasteiger partial charge in [0.05, 0.1) is 16.4 Å². The van der Waals surface area contributed by atoms with Gasteiger partial charge in [0.2, 0.25) is 0 Å². The fourth-order valence-electron chi connectivity index (χ4n) is 23.3. The molecular weight excluding hydrogens is 1470 g/mol. The summed E-state index contributed by atoms with van der Waals surface area (Å²) >= 11 is 8.21. The predicted octanol–water partition coefficient (Wildman–Crippen LogP) is 31.6. The quantitative estimate of drug-likeness (QED) is 0.127. The summed E-state index contributed by atoms with van der Waals surface area (Å²) < 4.78 is 0. The molecule has 8 saturated carbocycles. The van der Waals surface area contributed by atoms with Gasteiger partial charge in [0.25, 0.3) is 6.71 Å². The van der Waals surface area contributed by atoms with Crippen molar-refractivity contribution in [2.75, 3.05) is 19.6 Å². The normalized spacial score (nSPS) is 22.2. The highest BCUT2D eigenvalue weighted by Gasteiger charge is 2.55. The van der Waals surface area contributed by atoms with Gasteiger partial charge in [-0.25, -0.2) is 0 Å². The molecule has 10 aromatic carbocycles. The number of benzene rings is 10. The lowest BCUT2D eigenvalue weighted by molar-refractivity contribution is -0.00526. The lowest BCUT2D eigenvalue weighted by Gasteiger charge is -2.57. The number of para-hydroxylation sites is 4. The van der Waals surface area contributed by atoms with Crippen molar-refractivity contribution in [1.82, 2.24) is 0 Å². The van der Waals surface area contributed by atoms with Gasteiger partial charge in [-0.1, -0.05) is 290 Å². The topological polar surface area (TPSA) is 13.0 Å². The second-order valence-electron chi connectivity index (χ2n) is 46.8. The van der Waals surface area contributed by atoms with Gasteiger partial charge in [-0.2, -0.15) is 0 Å². The van der Waals surface area contributed by atoms with E-state index in [1.807, 2.05) is 0 Å². The van der Waals surface area contributed by atoms with Gasteiger partial charge < -0.3 is 19.6 Å². The van der Waals surface area contributed by atoms with E-state index >= 15 is 0 Å². The SMILES string of the molecule is C.C.CC(C)(C)c1cc(N(c2ccccc2)c2cc(C34CC5CC(CC(C5)C3)C4)cc(N(c3ccccc3)c3cc(C(C)(C)C)cc(C(C)(C)C)c3)c2Cl)cc(C(C)(C)C)c1.CC(C)(C)c1cc(N2c3ccccc3B3c4ccccc4N(c4cc(C(C)(C)C)cc(C(C)(C)C)c4)c4cc(C56CC7CC(CC(C7)C5)C6)cc2c43)cc(C(C)(C)C)c1. The summed E-state index contributed by atoms with van der Waals surface area (Å²) in [6, 6.07) is 80.8. The Bertz CT molecular complexity index is 4960. The van der Waals surface area contributed by atoms with Crippen molar-refractivity contribution in [3.63, 3.8) is 0 Å². The maximum Gasteiger partial charge on any atom is 0.252 e. The van der Waals surface area contributed by atoms with Crippen molar-refractivity contribution in [3.05, 3.63) is 267 Å². The van der Waals surface area contributed by atoms with Crippen molar-refractivity contribution in [3.8, 4) is 0 Å². The van der Waals surface area contributed by atoms with E-state index in [0.29, 0.717) is 0 Å². The van der Waals surface area contributed by atoms with Gasteiger partial charge in [0, 0.05) is 56.9 Å². The van der Waals surface area contributed by atoms with Crippen molar-refractivity contribution in [2.24, 2.45) is 35.5 Å². The minimum atomic E-state index is -0.0404. The molecule has 0 unspecified atom stereocenters. The van der Waals surface area contributed by atoms with Gasteiger partial charge in [-0.3, -0.25) is 0 Å². The maximum atomic E-state index is 8.21. The summed E-state index contributed by atoms with van der Waals surface area (Å²) in [5, 5.41) is 0.767. The van der Waals surface area contributed by atoms with Crippen LogP contribution in [0.1, 0.15) is 314 Å². The van der Waals surface area contributed by atoms with Crippen molar-refractivity contribution < 1.29 is 0 Å². The summed E-state index contributed by atoms with van der Waals surface area (Å²) in [7, 11) is 0. The Hall–Kier alpha value is -8.25. The summed E-state index contributed by atoms with van der Waals surface area (Å²) in [5.74, 6) is 5.04. The summed E-state index contributed by atoms with van der Waals surface area (Å²) in [4.78, 5) is 10.4. The Morgan fingerprint density at radius 2 is 0.525 bits per heavy atom. The van der Waals surface area contributed by atoms with Gasteiger partial charge in [-0.15, -0.1) is 0 Å². The second kappa shape index (κ2) is 30.6. The van der Waals surface area contributed by atoms with Crippen molar-refractivity contribution in [1.29, 1.82) is 0 Å². The first kappa shape index (κ1) is 86.7. The first-order chi connectivity index (χ1) is 55.3. The molecule has 630 valence electrons. The van der Waals surface area contributed by atoms with Gasteiger partial charge in [0.15, 0.2) is 0 Å². The second-order valence-corrected chi connectivity index (χ2v) is 47.2. The smallest absolute Gasteiger partial charge is 0.252 e. The van der Waals surface area contributed by atoms with Crippen LogP contribution in [0.15, 0.2) is 206 Å². The zero-order valence-electron chi connectivity index (χ0n) is 76.3. The number of hydrogen-bond acceptors (Lipinski definition) is 4. The Balaban J connectivity index is 0.000000184. The zero-order chi connectivity index (χ0) is 83.9. The average Bonchev–Trinajstić information content (AvgIpc) is 0.686. The molecule has 2 aliphatic heterocycles. The van der Waals surface area contributed by atoms with Crippen LogP contribution >= 0.6 is 11.6 Å². The minimum Gasteiger partial charge on any atom is -0.311 e. The number of rotatable bonds is 10. The van der Waals surface area contributed by atoms with Crippen LogP contribution < -0.4 is 36.0 Å². The van der Waals surface area contributed by atoms with E-state index in [1.54, 1.807) is 5.56 Å². The molecule has 0 aromatic heterocycles. The molecule has 20 rings (SSSR count). The van der Waals surface area contributed by atoms with E-state index in [4.69, 9.17) is 11.6 Å². The fraction of sp³-hybridized carbons (Fsp3) is 0.474. The van der Waals surface area contributed by atoms with Crippen LogP contribution in [0.5, 0.6) is 0 Å². The Morgan fingerprint density at radius 1 is 0.283 bits per heavy atom. The summed E-state index contributed by atoms with van der Waals surface area (Å²) in [6.07, 6.45) is 16.4. The number of nitrogens with zero attached hydrogens (tertiary/aromatic N) is 4. The third-order valence-electron chi connectivity index (χ3n) is 29.4. The molecule has 120 heavy (non-hydrogen) atoms. The molecule has 10 aromatic rings. The van der Waals surface area contributed by atoms with Crippen LogP contribution in [0, 0.1) is 35.5 Å². The van der Waals surface area contributed by atoms with Gasteiger partial charge >= 0.3 is 0 Å². The van der Waals surface area contributed by atoms with E-state index in [1.165, 1.54) is 178 Å². The molecule has 0 spiro atoms. The summed E-state index contributed by atoms with van der Waals surface area (Å²) in [5.41, 5.74) is 33.0. The largest absolute Gasteiger partial charge is 0.311 e. The average molecular weight is 1620 g/mol. The molecular formula is C114H144BClN4. The number of hydrogen-bond donors (Lipinski definition) is 0. The Morgan fingerprint density at radius 3 is 0.792 bits per heavy atom. The van der Waals surface area contributed by atoms with E-state index in [-0.39, 0.29) is 75.7 Å². The third-order valence-corrected chi connectivity index (χ3v) is 29.7. The molecule has 8 bridgehead atoms. The van der Waals surface area contributed by atoms with Crippen LogP contribution in [-0.4, -0.2) is 6.71 Å². The highest BCUT2D eigenvalue weighted by Crippen LogP contribution is 2.65. The lowest BCUT2D eigenvalue weighted by Crippen LogP contribution is -2.61. The molecule has 0 amide bonds. The minimum absolute atomic E-state index is 0. The number of anilines is 12. The van der Waals surface area contributed by atoms with Crippen molar-refractivity contribution >= 4 is 103 Å². The van der Waals surface area contributed by atoms with E-state index in [2.05, 4.69) is 392 Å². The standard InChI is InChI=1S/C56H67BN2.C56H69ClN2.2CH4/c1-52(2,3)38-24-39(53(4,5)6)27-43(26-38)58-47-19-15-13-17-45(47)57-46-18-14-16-20-48(46)59(44-28-40(54(7,8)9)25-41(29-44)55(10,11)12)50-31-42(30-49(58)51(50)57)56-32-35-21-36(33-56)23-37(22-35)34-56;1-52(2,3)40-26-41(53(4,5)6)29-47(28-40)58(45-19-15-13-16-20-45)49-32-44(56-34-37-23-38(35-56)25-39(24-37)36-56)33-50(51(49)57)59(46-21-17-14-18-22-46)48-30-42(54(7,8)9)27-43(31-48)55(10,11)12;;/h13-20,24-31,35-37H,21-23,32-34H2,1-12H3;13-22,26-33,37-39H,23-25,34-36H2,1-12H3;2*1H4. The van der Waals surface area contributed by atoms with Crippen LogP contribution in [-0.2, 0) is 54.1 Å². The van der Waals surface area contributed by atoms with Crippen LogP contribution in [0.3, 0.4) is 0 Å². The maximum absolute atomic E-state index is 8.21. The van der Waals surface area contributed by atoms with Crippen LogP contribution in [0.25, 0.3) is 0 Å². The van der Waals surface area contributed by atoms with Gasteiger partial charge in [-0.05, 0) is 348 Å². The molecule has 0 saturated heterocycles. The third kappa shape index (κ3) is 16.1. The highest BCUT2D eigenvalue weighted by atomic mass is 35.5. The predicted molar refractivity (Wildman–Crippen MR) is 524 cm³/mol. The molecule has 0 atom stereocenters. The first-order valence-electron chi connectivity index (χ1n) is 45.4. The molecule has 10 aliphatic rings. The molecule has 0 N–H and O–H groups in total. The van der Waals surface area contributed by atoms with Crippen LogP contribution in [0.2, 0.25) is 5.02 Å². The van der Waals surface area contributed by atoms with E-state index in [9.17, 15) is 0 Å². The highest BCUT2D eigenvalue weighted by molar-refractivity contribution is 7.00. The molecule has 4 nitrogen and oxygen atoms in total. The molecule has 6 heteroatoms. The summed E-state index contributed by atoms with van der Waals surface area (Å²) in [6.45, 7) is 56.6. The molecule has 8 aliphatic carbocycles. The van der Waals surface area contributed by atoms with E-state index < -0.39 is 0 Å². The zero-order valence-corrected chi connectivity index (χ0v) is 77.1. The first-order valence-corrected chi connectivity index (χ1v) is 45.8. The van der Waals surface area contributed by atoms with Gasteiger partial charge in [0.1, 0.15) is 0 Å². The van der Waals surface area contributed by atoms with E-state index in [0.717, 1.165) is 74.7 Å².